The van der Waals surface area contributed by atoms with Crippen LogP contribution in [0.3, 0.4) is 0 Å². The van der Waals surface area contributed by atoms with Crippen molar-refractivity contribution in [3.8, 4) is 0 Å². The van der Waals surface area contributed by atoms with Crippen LogP contribution in [0.1, 0.15) is 13.8 Å². The molecular weight excluding hydrogens is 198 g/mol. The Morgan fingerprint density at radius 3 is 2.73 bits per heavy atom. The topological polar surface area (TPSA) is 59.0 Å². The predicted octanol–water partition coefficient (Wildman–Crippen LogP) is 0.104. The molecule has 5 heteroatoms. The van der Waals surface area contributed by atoms with Crippen molar-refractivity contribution in [3.63, 3.8) is 0 Å². The monoisotopic (exact) mass is 215 g/mol. The molecule has 1 heterocycles. The molecule has 0 aromatic heterocycles. The molecule has 15 heavy (non-hydrogen) atoms. The molecule has 0 aromatic carbocycles. The molecule has 0 spiro atoms. The molecule has 5 nitrogen and oxygen atoms in total. The van der Waals surface area contributed by atoms with Gasteiger partial charge in [-0.25, -0.2) is 0 Å². The first-order chi connectivity index (χ1) is 6.99. The van der Waals surface area contributed by atoms with Crippen LogP contribution in [0.25, 0.3) is 0 Å². The van der Waals surface area contributed by atoms with Gasteiger partial charge in [0, 0.05) is 7.05 Å². The van der Waals surface area contributed by atoms with Crippen LogP contribution >= 0.6 is 0 Å². The van der Waals surface area contributed by atoms with Crippen LogP contribution in [-0.4, -0.2) is 48.3 Å². The smallest absolute Gasteiger partial charge is 0.292 e. The summed E-state index contributed by atoms with van der Waals surface area (Å²) < 4.78 is 10.2. The lowest BCUT2D eigenvalue weighted by molar-refractivity contribution is -0.137. The van der Waals surface area contributed by atoms with Crippen LogP contribution in [0, 0.1) is 0 Å². The first-order valence-electron chi connectivity index (χ1n) is 4.82. The Morgan fingerprint density at radius 1 is 1.60 bits per heavy atom. The van der Waals surface area contributed by atoms with Gasteiger partial charge in [0.1, 0.15) is 19.5 Å². The summed E-state index contributed by atoms with van der Waals surface area (Å²) in [5.41, 5.74) is -0.612. The Morgan fingerprint density at radius 2 is 2.27 bits per heavy atom. The number of likely N-dealkylation sites (N-methyl/N-ethyl adjacent to an activating group) is 1. The van der Waals surface area contributed by atoms with Crippen molar-refractivity contribution in [2.45, 2.75) is 19.4 Å². The molecule has 0 aromatic rings. The molecule has 86 valence electrons. The number of aliphatic hydroxyl groups is 1. The van der Waals surface area contributed by atoms with Crippen LogP contribution in [0.4, 0.5) is 0 Å². The van der Waals surface area contributed by atoms with Crippen molar-refractivity contribution >= 4 is 5.91 Å². The molecule has 1 amide bonds. The number of amides is 1. The van der Waals surface area contributed by atoms with Gasteiger partial charge in [-0.1, -0.05) is 0 Å². The summed E-state index contributed by atoms with van der Waals surface area (Å²) >= 11 is 0. The molecule has 0 atom stereocenters. The van der Waals surface area contributed by atoms with Crippen molar-refractivity contribution < 1.29 is 19.4 Å². The van der Waals surface area contributed by atoms with Gasteiger partial charge in [0.25, 0.3) is 5.91 Å². The second-order valence-electron chi connectivity index (χ2n) is 4.04. The summed E-state index contributed by atoms with van der Waals surface area (Å²) in [5, 5.41) is 9.13. The van der Waals surface area contributed by atoms with Gasteiger partial charge >= 0.3 is 0 Å². The molecular formula is C10H17NO4. The van der Waals surface area contributed by atoms with Crippen molar-refractivity contribution in [2.75, 3.05) is 26.9 Å². The van der Waals surface area contributed by atoms with Gasteiger partial charge in [0.2, 0.25) is 5.76 Å². The number of nitrogens with zero attached hydrogens (tertiary/aromatic N) is 1. The summed E-state index contributed by atoms with van der Waals surface area (Å²) in [4.78, 5) is 13.3. The van der Waals surface area contributed by atoms with Gasteiger partial charge in [-0.15, -0.1) is 0 Å². The highest BCUT2D eigenvalue weighted by atomic mass is 16.6. The minimum Gasteiger partial charge on any atom is -0.494 e. The van der Waals surface area contributed by atoms with E-state index in [0.29, 0.717) is 13.2 Å². The number of hydrogen-bond donors (Lipinski definition) is 1. The Balaban J connectivity index is 2.71. The normalized spacial score (nSPS) is 16.1. The van der Waals surface area contributed by atoms with Crippen LogP contribution in [-0.2, 0) is 14.3 Å². The molecule has 0 unspecified atom stereocenters. The maximum atomic E-state index is 11.8. The Hall–Kier alpha value is -1.23. The lowest BCUT2D eigenvalue weighted by atomic mass is 10.1. The average Bonchev–Trinajstić information content (AvgIpc) is 2.28. The zero-order valence-electron chi connectivity index (χ0n) is 9.32. The maximum absolute atomic E-state index is 11.8. The maximum Gasteiger partial charge on any atom is 0.292 e. The van der Waals surface area contributed by atoms with Crippen LogP contribution in [0.2, 0.25) is 0 Å². The van der Waals surface area contributed by atoms with E-state index in [4.69, 9.17) is 14.6 Å². The van der Waals surface area contributed by atoms with E-state index >= 15 is 0 Å². The predicted molar refractivity (Wildman–Crippen MR) is 53.9 cm³/mol. The zero-order chi connectivity index (χ0) is 11.5. The summed E-state index contributed by atoms with van der Waals surface area (Å²) in [6, 6.07) is 0. The number of hydrogen-bond acceptors (Lipinski definition) is 4. The van der Waals surface area contributed by atoms with Gasteiger partial charge in [-0.05, 0) is 13.8 Å². The Kier molecular flexibility index (Phi) is 3.57. The Bertz CT molecular complexity index is 273. The van der Waals surface area contributed by atoms with Gasteiger partial charge in [0.05, 0.1) is 12.1 Å². The molecule has 1 N–H and O–H groups in total. The van der Waals surface area contributed by atoms with Gasteiger partial charge in [0.15, 0.2) is 0 Å². The SMILES string of the molecule is CN(C(=O)C1=COCCO1)C(C)(C)CO. The lowest BCUT2D eigenvalue weighted by Gasteiger charge is -2.34. The third-order valence-corrected chi connectivity index (χ3v) is 2.46. The lowest BCUT2D eigenvalue weighted by Crippen LogP contribution is -2.48. The molecule has 0 fully saturated rings. The number of carbonyl (C=O) groups is 1. The average molecular weight is 215 g/mol. The molecule has 0 aliphatic carbocycles. The van der Waals surface area contributed by atoms with Crippen molar-refractivity contribution in [1.82, 2.24) is 4.90 Å². The highest BCUT2D eigenvalue weighted by Gasteiger charge is 2.30. The molecule has 0 radical (unpaired) electrons. The summed E-state index contributed by atoms with van der Waals surface area (Å²) in [6.07, 6.45) is 1.32. The second kappa shape index (κ2) is 4.53. The minimum absolute atomic E-state index is 0.108. The third-order valence-electron chi connectivity index (χ3n) is 2.46. The fraction of sp³-hybridized carbons (Fsp3) is 0.700. The van der Waals surface area contributed by atoms with E-state index in [-0.39, 0.29) is 18.3 Å². The van der Waals surface area contributed by atoms with E-state index in [2.05, 4.69) is 0 Å². The number of ether oxygens (including phenoxy) is 2. The third kappa shape index (κ3) is 2.62. The van der Waals surface area contributed by atoms with E-state index in [0.717, 1.165) is 0 Å². The van der Waals surface area contributed by atoms with Crippen molar-refractivity contribution in [2.24, 2.45) is 0 Å². The van der Waals surface area contributed by atoms with Crippen LogP contribution < -0.4 is 0 Å². The summed E-state index contributed by atoms with van der Waals surface area (Å²) in [7, 11) is 1.62. The summed E-state index contributed by atoms with van der Waals surface area (Å²) in [5.74, 6) is -0.0981. The fourth-order valence-electron chi connectivity index (χ4n) is 1.03. The highest BCUT2D eigenvalue weighted by Crippen LogP contribution is 2.16. The largest absolute Gasteiger partial charge is 0.494 e. The van der Waals surface area contributed by atoms with Crippen LogP contribution in [0.15, 0.2) is 12.0 Å². The molecule has 1 aliphatic rings. The van der Waals surface area contributed by atoms with E-state index in [1.54, 1.807) is 20.9 Å². The van der Waals surface area contributed by atoms with E-state index in [1.165, 1.54) is 11.2 Å². The van der Waals surface area contributed by atoms with Crippen molar-refractivity contribution in [3.05, 3.63) is 12.0 Å². The quantitative estimate of drug-likeness (QED) is 0.725. The molecule has 0 saturated heterocycles. The van der Waals surface area contributed by atoms with Gasteiger partial charge in [-0.3, -0.25) is 4.79 Å². The zero-order valence-corrected chi connectivity index (χ0v) is 9.32. The standard InChI is InChI=1S/C10H17NO4/c1-10(2,7-12)11(3)9(13)8-6-14-4-5-15-8/h6,12H,4-5,7H2,1-3H3. The van der Waals surface area contributed by atoms with E-state index < -0.39 is 5.54 Å². The first-order valence-corrected chi connectivity index (χ1v) is 4.82. The van der Waals surface area contributed by atoms with E-state index in [9.17, 15) is 4.79 Å². The second-order valence-corrected chi connectivity index (χ2v) is 4.04. The van der Waals surface area contributed by atoms with Gasteiger partial charge in [-0.2, -0.15) is 0 Å². The molecule has 0 saturated carbocycles. The number of rotatable bonds is 3. The highest BCUT2D eigenvalue weighted by molar-refractivity contribution is 5.91. The first kappa shape index (κ1) is 11.8. The van der Waals surface area contributed by atoms with Crippen LogP contribution in [0.5, 0.6) is 0 Å². The molecule has 1 rings (SSSR count). The summed E-state index contributed by atoms with van der Waals surface area (Å²) in [6.45, 7) is 4.28. The minimum atomic E-state index is -0.612. The van der Waals surface area contributed by atoms with E-state index in [1.807, 2.05) is 0 Å². The van der Waals surface area contributed by atoms with Gasteiger partial charge < -0.3 is 19.5 Å². The van der Waals surface area contributed by atoms with Crippen molar-refractivity contribution in [1.29, 1.82) is 0 Å². The molecule has 1 aliphatic heterocycles. The Labute approximate surface area is 89.3 Å². The molecule has 0 bridgehead atoms. The fourth-order valence-corrected chi connectivity index (χ4v) is 1.03. The number of aliphatic hydroxyl groups excluding tert-OH is 1. The number of carbonyl (C=O) groups excluding carboxylic acids is 1.